The van der Waals surface area contributed by atoms with Crippen molar-refractivity contribution in [2.75, 3.05) is 0 Å². The summed E-state index contributed by atoms with van der Waals surface area (Å²) in [7, 11) is 0. The van der Waals surface area contributed by atoms with Crippen molar-refractivity contribution in [1.82, 2.24) is 0 Å². The fourth-order valence-electron chi connectivity index (χ4n) is 7.25. The molecular formula is C42H28O. The highest BCUT2D eigenvalue weighted by molar-refractivity contribution is 6.23. The molecule has 9 rings (SSSR count). The van der Waals surface area contributed by atoms with Crippen LogP contribution in [-0.4, -0.2) is 0 Å². The third-order valence-corrected chi connectivity index (χ3v) is 9.13. The van der Waals surface area contributed by atoms with Crippen molar-refractivity contribution < 1.29 is 4.42 Å². The number of furan rings is 1. The van der Waals surface area contributed by atoms with Gasteiger partial charge >= 0.3 is 0 Å². The van der Waals surface area contributed by atoms with Crippen LogP contribution >= 0.6 is 0 Å². The molecule has 0 N–H and O–H groups in total. The van der Waals surface area contributed by atoms with Crippen molar-refractivity contribution in [3.05, 3.63) is 151 Å². The molecule has 0 spiro atoms. The monoisotopic (exact) mass is 548 g/mol. The van der Waals surface area contributed by atoms with Crippen molar-refractivity contribution in [2.45, 2.75) is 12.8 Å². The van der Waals surface area contributed by atoms with E-state index in [1.165, 1.54) is 71.1 Å². The van der Waals surface area contributed by atoms with Crippen LogP contribution < -0.4 is 0 Å². The van der Waals surface area contributed by atoms with E-state index in [0.717, 1.165) is 29.7 Å². The second kappa shape index (κ2) is 9.58. The summed E-state index contributed by atoms with van der Waals surface area (Å²) in [5.74, 6) is 1.00. The number of rotatable bonds is 3. The molecule has 0 atom stereocenters. The average Bonchev–Trinajstić information content (AvgIpc) is 3.46. The van der Waals surface area contributed by atoms with E-state index in [4.69, 9.17) is 4.42 Å². The van der Waals surface area contributed by atoms with Gasteiger partial charge in [-0.05, 0) is 79.6 Å². The van der Waals surface area contributed by atoms with Crippen molar-refractivity contribution in [3.63, 3.8) is 0 Å². The van der Waals surface area contributed by atoms with Gasteiger partial charge in [0, 0.05) is 22.1 Å². The van der Waals surface area contributed by atoms with Gasteiger partial charge in [0.15, 0.2) is 0 Å². The molecule has 0 amide bonds. The van der Waals surface area contributed by atoms with Gasteiger partial charge in [0.1, 0.15) is 11.3 Å². The van der Waals surface area contributed by atoms with E-state index in [0.29, 0.717) is 0 Å². The van der Waals surface area contributed by atoms with Gasteiger partial charge in [-0.15, -0.1) is 0 Å². The zero-order chi connectivity index (χ0) is 28.3. The van der Waals surface area contributed by atoms with Gasteiger partial charge in [0.2, 0.25) is 0 Å². The highest BCUT2D eigenvalue weighted by atomic mass is 16.3. The van der Waals surface area contributed by atoms with Crippen LogP contribution in [0, 0.1) is 0 Å². The number of para-hydroxylation sites is 1. The van der Waals surface area contributed by atoms with Crippen LogP contribution in [0.4, 0.5) is 0 Å². The minimum absolute atomic E-state index is 0.986. The third kappa shape index (κ3) is 3.72. The van der Waals surface area contributed by atoms with E-state index < -0.39 is 0 Å². The van der Waals surface area contributed by atoms with Gasteiger partial charge in [-0.3, -0.25) is 0 Å². The maximum Gasteiger partial charge on any atom is 0.142 e. The van der Waals surface area contributed by atoms with E-state index in [-0.39, 0.29) is 0 Å². The molecule has 1 heteroatoms. The summed E-state index contributed by atoms with van der Waals surface area (Å²) >= 11 is 0. The minimum atomic E-state index is 0.986. The van der Waals surface area contributed by atoms with Crippen LogP contribution in [0.15, 0.2) is 144 Å². The molecule has 1 aliphatic rings. The van der Waals surface area contributed by atoms with Gasteiger partial charge in [-0.2, -0.15) is 0 Å². The fraction of sp³-hybridized carbons (Fsp3) is 0.0476. The first kappa shape index (κ1) is 24.2. The minimum Gasteiger partial charge on any atom is -0.456 e. The summed E-state index contributed by atoms with van der Waals surface area (Å²) in [6.45, 7) is 0. The zero-order valence-electron chi connectivity index (χ0n) is 23.7. The maximum absolute atomic E-state index is 6.60. The molecule has 1 heterocycles. The molecule has 43 heavy (non-hydrogen) atoms. The van der Waals surface area contributed by atoms with E-state index in [9.17, 15) is 0 Å². The Morgan fingerprint density at radius 3 is 1.84 bits per heavy atom. The lowest BCUT2D eigenvalue weighted by Gasteiger charge is -2.18. The number of benzene rings is 7. The first-order valence-electron chi connectivity index (χ1n) is 15.1. The number of allylic oxidation sites excluding steroid dienone is 1. The van der Waals surface area contributed by atoms with Gasteiger partial charge < -0.3 is 4.42 Å². The second-order valence-corrected chi connectivity index (χ2v) is 11.5. The Balaban J connectivity index is 1.34. The van der Waals surface area contributed by atoms with Crippen LogP contribution in [-0.2, 0) is 6.42 Å². The Labute approximate surface area is 250 Å². The van der Waals surface area contributed by atoms with Gasteiger partial charge in [-0.25, -0.2) is 0 Å². The topological polar surface area (TPSA) is 13.1 Å². The molecule has 1 aromatic heterocycles. The molecule has 0 bridgehead atoms. The van der Waals surface area contributed by atoms with Crippen LogP contribution in [0.5, 0.6) is 0 Å². The Bertz CT molecular complexity index is 2340. The first-order valence-corrected chi connectivity index (χ1v) is 15.1. The Morgan fingerprint density at radius 1 is 0.465 bits per heavy atom. The molecule has 0 radical (unpaired) electrons. The molecule has 8 aromatic rings. The van der Waals surface area contributed by atoms with Gasteiger partial charge in [0.05, 0.1) is 0 Å². The van der Waals surface area contributed by atoms with Crippen LogP contribution in [0.25, 0.3) is 82.7 Å². The molecule has 202 valence electrons. The molecule has 0 fully saturated rings. The summed E-state index contributed by atoms with van der Waals surface area (Å²) in [4.78, 5) is 0. The van der Waals surface area contributed by atoms with Gasteiger partial charge in [-0.1, -0.05) is 133 Å². The highest BCUT2D eigenvalue weighted by Crippen LogP contribution is 2.47. The smallest absolute Gasteiger partial charge is 0.142 e. The summed E-state index contributed by atoms with van der Waals surface area (Å²) < 4.78 is 6.60. The fourth-order valence-corrected chi connectivity index (χ4v) is 7.25. The van der Waals surface area contributed by atoms with Crippen molar-refractivity contribution in [1.29, 1.82) is 0 Å². The number of fused-ring (bicyclic) bond motifs is 6. The molecule has 0 aliphatic heterocycles. The van der Waals surface area contributed by atoms with E-state index in [1.54, 1.807) is 0 Å². The summed E-state index contributed by atoms with van der Waals surface area (Å²) in [5, 5.41) is 8.75. The van der Waals surface area contributed by atoms with Crippen LogP contribution in [0.3, 0.4) is 0 Å². The second-order valence-electron chi connectivity index (χ2n) is 11.5. The molecule has 7 aromatic carbocycles. The van der Waals surface area contributed by atoms with Crippen molar-refractivity contribution >= 4 is 49.4 Å². The molecule has 1 nitrogen and oxygen atoms in total. The lowest BCUT2D eigenvalue weighted by Crippen LogP contribution is -1.92. The highest BCUT2D eigenvalue weighted by Gasteiger charge is 2.22. The number of hydrogen-bond acceptors (Lipinski definition) is 1. The Morgan fingerprint density at radius 2 is 1.05 bits per heavy atom. The summed E-state index contributed by atoms with van der Waals surface area (Å²) in [6, 6.07) is 48.7. The van der Waals surface area contributed by atoms with Crippen LogP contribution in [0.1, 0.15) is 17.7 Å². The molecule has 0 saturated carbocycles. The van der Waals surface area contributed by atoms with Gasteiger partial charge in [0.25, 0.3) is 0 Å². The van der Waals surface area contributed by atoms with E-state index >= 15 is 0 Å². The normalized spacial score (nSPS) is 12.8. The lowest BCUT2D eigenvalue weighted by atomic mass is 9.85. The third-order valence-electron chi connectivity index (χ3n) is 9.13. The van der Waals surface area contributed by atoms with E-state index in [2.05, 4.69) is 146 Å². The standard InChI is InChI=1S/C42H28O/c1-2-16-30-27(12-1)13-10-22-31(30)28-14-9-15-29(26-28)40-33-18-3-5-20-35(33)41(36-21-6-4-19-34(36)40)38-24-11-23-37-32-17-7-8-25-39(32)43-42(37)38/h1-6,8-16,18-26H,7,17H2. The van der Waals surface area contributed by atoms with Crippen molar-refractivity contribution in [3.8, 4) is 33.4 Å². The largest absolute Gasteiger partial charge is 0.456 e. The lowest BCUT2D eigenvalue weighted by molar-refractivity contribution is 0.596. The van der Waals surface area contributed by atoms with Crippen molar-refractivity contribution in [2.24, 2.45) is 0 Å². The predicted octanol–water partition coefficient (Wildman–Crippen LogP) is 11.9. The SMILES string of the molecule is C1=Cc2oc3c(-c4c5ccccc5c(-c5cccc(-c6cccc7ccccc67)c5)c5ccccc45)cccc3c2CC1. The molecule has 1 aliphatic carbocycles. The number of aryl methyl sites for hydroxylation is 1. The quantitative estimate of drug-likeness (QED) is 0.200. The first-order chi connectivity index (χ1) is 21.3. The Hall–Kier alpha value is -5.40. The van der Waals surface area contributed by atoms with E-state index in [1.807, 2.05) is 0 Å². The molecule has 0 unspecified atom stereocenters. The zero-order valence-corrected chi connectivity index (χ0v) is 23.7. The Kier molecular flexibility index (Phi) is 5.39. The molecule has 0 saturated heterocycles. The number of hydrogen-bond donors (Lipinski definition) is 0. The maximum atomic E-state index is 6.60. The summed E-state index contributed by atoms with van der Waals surface area (Å²) in [6.07, 6.45) is 6.45. The predicted molar refractivity (Wildman–Crippen MR) is 182 cm³/mol. The summed E-state index contributed by atoms with van der Waals surface area (Å²) in [5.41, 5.74) is 9.68. The molecular weight excluding hydrogens is 520 g/mol. The van der Waals surface area contributed by atoms with Crippen LogP contribution in [0.2, 0.25) is 0 Å². The average molecular weight is 549 g/mol.